The molecule has 0 radical (unpaired) electrons. The summed E-state index contributed by atoms with van der Waals surface area (Å²) in [6, 6.07) is -0.163. The number of hydrogen-bond acceptors (Lipinski definition) is 7. The molecule has 0 bridgehead atoms. The Bertz CT molecular complexity index is 835. The zero-order chi connectivity index (χ0) is 20.8. The van der Waals surface area contributed by atoms with E-state index in [1.165, 1.54) is 17.3 Å². The molecule has 0 aromatic carbocycles. The third-order valence-corrected chi connectivity index (χ3v) is 5.09. The van der Waals surface area contributed by atoms with Crippen LogP contribution in [0, 0.1) is 0 Å². The van der Waals surface area contributed by atoms with Gasteiger partial charge in [0.05, 0.1) is 18.9 Å². The lowest BCUT2D eigenvalue weighted by Crippen LogP contribution is -2.52. The fraction of sp³-hybridized carbons (Fsp3) is 0.389. The van der Waals surface area contributed by atoms with Crippen molar-refractivity contribution in [2.45, 2.75) is 45.2 Å². The van der Waals surface area contributed by atoms with Gasteiger partial charge in [-0.15, -0.1) is 0 Å². The zero-order valence-electron chi connectivity index (χ0n) is 16.3. The number of nitrogens with one attached hydrogen (secondary N) is 1. The first-order valence-corrected chi connectivity index (χ1v) is 10.4. The minimum atomic E-state index is -1.11. The molecule has 1 aromatic heterocycles. The maximum absolute atomic E-state index is 12.9. The van der Waals surface area contributed by atoms with Gasteiger partial charge in [-0.3, -0.25) is 9.69 Å². The topological polar surface area (TPSA) is 106 Å². The number of carbonyl (C=O) groups is 1. The van der Waals surface area contributed by atoms with Crippen molar-refractivity contribution in [1.82, 2.24) is 20.2 Å². The molecule has 1 aliphatic rings. The van der Waals surface area contributed by atoms with Crippen LogP contribution in [0.15, 0.2) is 50.8 Å². The van der Waals surface area contributed by atoms with Crippen LogP contribution in [-0.4, -0.2) is 48.8 Å². The average molecular weight is 423 g/mol. The molecular weight excluding hydrogens is 400 g/mol. The van der Waals surface area contributed by atoms with Crippen molar-refractivity contribution in [2.24, 2.45) is 9.98 Å². The van der Waals surface area contributed by atoms with E-state index in [1.54, 1.807) is 13.0 Å². The Morgan fingerprint density at radius 2 is 2.11 bits per heavy atom. The van der Waals surface area contributed by atoms with Crippen LogP contribution in [0.25, 0.3) is 0 Å². The van der Waals surface area contributed by atoms with E-state index in [0.717, 1.165) is 0 Å². The predicted octanol–water partition coefficient (Wildman–Crippen LogP) is 2.36. The molecule has 8 nitrogen and oxygen atoms in total. The molecule has 0 saturated carbocycles. The molecule has 1 atom stereocenters. The van der Waals surface area contributed by atoms with Crippen molar-refractivity contribution >= 4 is 40.4 Å². The highest BCUT2D eigenvalue weighted by atomic mass is 35.5. The number of amides is 1. The number of nitrogens with zero attached hydrogens (tertiary/aromatic N) is 5. The second kappa shape index (κ2) is 9.81. The molecular formula is C18H23ClN6O2S. The van der Waals surface area contributed by atoms with Crippen LogP contribution in [0.3, 0.4) is 0 Å². The fourth-order valence-corrected chi connectivity index (χ4v) is 3.20. The Labute approximate surface area is 172 Å². The first-order chi connectivity index (χ1) is 13.3. The van der Waals surface area contributed by atoms with Gasteiger partial charge in [0.2, 0.25) is 0 Å². The smallest absolute Gasteiger partial charge is 0.295 e. The van der Waals surface area contributed by atoms with Crippen molar-refractivity contribution in [3.05, 3.63) is 41.7 Å². The highest BCUT2D eigenvalue weighted by molar-refractivity contribution is 7.91. The van der Waals surface area contributed by atoms with Crippen LogP contribution >= 0.6 is 11.6 Å². The van der Waals surface area contributed by atoms with Crippen LogP contribution < -0.4 is 5.32 Å². The van der Waals surface area contributed by atoms with Gasteiger partial charge in [-0.1, -0.05) is 24.3 Å². The van der Waals surface area contributed by atoms with E-state index in [4.69, 9.17) is 11.6 Å². The van der Waals surface area contributed by atoms with Gasteiger partial charge >= 0.3 is 0 Å². The van der Waals surface area contributed by atoms with E-state index in [2.05, 4.69) is 31.8 Å². The third-order valence-electron chi connectivity index (χ3n) is 3.75. The van der Waals surface area contributed by atoms with E-state index < -0.39 is 11.2 Å². The monoisotopic (exact) mass is 422 g/mol. The van der Waals surface area contributed by atoms with Gasteiger partial charge in [-0.05, 0) is 38.9 Å². The molecule has 0 saturated heterocycles. The molecule has 0 fully saturated rings. The molecule has 28 heavy (non-hydrogen) atoms. The standard InChI is InChI=1S/C18H23ClN6O2S/c1-6-14-17(23-12(5)19)25(11(3)4)18(26)16(24-14)22-10-15-20-8-13(9-21-15)28(27)7-2/h6,8-9,11H,5,7,10H2,1-4H3,(H,22,24)/b14-6+,23-17+. The van der Waals surface area contributed by atoms with E-state index in [1.807, 2.05) is 20.8 Å². The highest BCUT2D eigenvalue weighted by Gasteiger charge is 2.33. The Morgan fingerprint density at radius 3 is 2.61 bits per heavy atom. The Balaban J connectivity index is 2.24. The summed E-state index contributed by atoms with van der Waals surface area (Å²) in [4.78, 5) is 31.9. The molecule has 0 spiro atoms. The normalized spacial score (nSPS) is 18.6. The van der Waals surface area contributed by atoms with Crippen LogP contribution in [0.1, 0.15) is 33.5 Å². The second-order valence-electron chi connectivity index (χ2n) is 6.04. The van der Waals surface area contributed by atoms with Crippen molar-refractivity contribution in [1.29, 1.82) is 0 Å². The largest absolute Gasteiger partial charge is 0.611 e. The maximum atomic E-state index is 12.9. The Hall–Kier alpha value is -2.23. The summed E-state index contributed by atoms with van der Waals surface area (Å²) >= 11 is 4.72. The summed E-state index contributed by atoms with van der Waals surface area (Å²) in [5.41, 5.74) is 0.507. The number of rotatable bonds is 6. The highest BCUT2D eigenvalue weighted by Crippen LogP contribution is 2.19. The van der Waals surface area contributed by atoms with E-state index in [-0.39, 0.29) is 29.5 Å². The van der Waals surface area contributed by atoms with Gasteiger partial charge in [-0.25, -0.2) is 20.0 Å². The summed E-state index contributed by atoms with van der Waals surface area (Å²) in [5.74, 6) is 1.14. The molecule has 0 aliphatic carbocycles. The molecule has 1 amide bonds. The van der Waals surface area contributed by atoms with Gasteiger partial charge < -0.3 is 9.87 Å². The van der Waals surface area contributed by atoms with Crippen molar-refractivity contribution < 1.29 is 9.35 Å². The number of hydrogen-bond donors (Lipinski definition) is 1. The SMILES string of the molecule is C=C(Cl)/N=C1\C(=C/C)N=C(NCc2ncc([S+]([O-])CC)cn2)C(=O)N1C(C)C. The van der Waals surface area contributed by atoms with Crippen LogP contribution in [-0.2, 0) is 22.5 Å². The van der Waals surface area contributed by atoms with E-state index in [0.29, 0.717) is 28.0 Å². The number of halogens is 1. The van der Waals surface area contributed by atoms with Gasteiger partial charge in [0.25, 0.3) is 5.91 Å². The minimum absolute atomic E-state index is 0.0670. The molecule has 2 rings (SSSR count). The quantitative estimate of drug-likeness (QED) is 0.559. The molecule has 1 N–H and O–H groups in total. The number of carbonyl (C=O) groups excluding carboxylic acids is 1. The van der Waals surface area contributed by atoms with Gasteiger partial charge in [0.1, 0.15) is 22.4 Å². The summed E-state index contributed by atoms with van der Waals surface area (Å²) < 4.78 is 11.8. The zero-order valence-corrected chi connectivity index (χ0v) is 17.8. The lowest BCUT2D eigenvalue weighted by Gasteiger charge is -2.32. The van der Waals surface area contributed by atoms with Crippen molar-refractivity contribution in [3.63, 3.8) is 0 Å². The Kier molecular flexibility index (Phi) is 7.73. The fourth-order valence-electron chi connectivity index (χ4n) is 2.45. The Morgan fingerprint density at radius 1 is 1.46 bits per heavy atom. The van der Waals surface area contributed by atoms with Gasteiger partial charge in [-0.2, -0.15) is 0 Å². The lowest BCUT2D eigenvalue weighted by atomic mass is 10.2. The summed E-state index contributed by atoms with van der Waals surface area (Å²) in [6.45, 7) is 11.1. The molecule has 2 heterocycles. The summed E-state index contributed by atoms with van der Waals surface area (Å²) in [7, 11) is 0. The molecule has 1 aliphatic heterocycles. The van der Waals surface area contributed by atoms with Crippen molar-refractivity contribution in [2.75, 3.05) is 5.75 Å². The third kappa shape index (κ3) is 5.18. The van der Waals surface area contributed by atoms with Gasteiger partial charge in [0.15, 0.2) is 16.6 Å². The molecule has 1 aromatic rings. The van der Waals surface area contributed by atoms with Gasteiger partial charge in [0, 0.05) is 6.04 Å². The average Bonchev–Trinajstić information content (AvgIpc) is 2.66. The summed E-state index contributed by atoms with van der Waals surface area (Å²) in [5, 5.41) is 3.05. The molecule has 10 heteroatoms. The summed E-state index contributed by atoms with van der Waals surface area (Å²) in [6.07, 6.45) is 4.80. The van der Waals surface area contributed by atoms with Crippen molar-refractivity contribution in [3.8, 4) is 0 Å². The first kappa shape index (κ1) is 22.1. The maximum Gasteiger partial charge on any atom is 0.295 e. The van der Waals surface area contributed by atoms with Crippen LogP contribution in [0.5, 0.6) is 0 Å². The molecule has 1 unspecified atom stereocenters. The lowest BCUT2D eigenvalue weighted by molar-refractivity contribution is -0.122. The first-order valence-electron chi connectivity index (χ1n) is 8.73. The number of allylic oxidation sites excluding steroid dienone is 1. The van der Waals surface area contributed by atoms with E-state index in [9.17, 15) is 9.35 Å². The van der Waals surface area contributed by atoms with Crippen LogP contribution in [0.4, 0.5) is 0 Å². The number of aliphatic imine (C=N–C) groups is 2. The number of amidine groups is 2. The number of aromatic nitrogens is 2. The van der Waals surface area contributed by atoms with Crippen LogP contribution in [0.2, 0.25) is 0 Å². The second-order valence-corrected chi connectivity index (χ2v) is 8.21. The minimum Gasteiger partial charge on any atom is -0.611 e. The predicted molar refractivity (Wildman–Crippen MR) is 111 cm³/mol. The molecule has 150 valence electrons. The van der Waals surface area contributed by atoms with E-state index >= 15 is 0 Å².